The van der Waals surface area contributed by atoms with E-state index in [0.717, 1.165) is 22.6 Å². The maximum Gasteiger partial charge on any atom is 0.198 e. The Bertz CT molecular complexity index is 2050. The molecule has 0 amide bonds. The van der Waals surface area contributed by atoms with E-state index in [0.29, 0.717) is 41.5 Å². The number of aromatic nitrogens is 4. The number of hydrogen-bond donors (Lipinski definition) is 0. The highest BCUT2D eigenvalue weighted by Gasteiger charge is 2.22. The van der Waals surface area contributed by atoms with Gasteiger partial charge >= 0.3 is 0 Å². The highest BCUT2D eigenvalue weighted by molar-refractivity contribution is 5.71. The zero-order valence-electron chi connectivity index (χ0n) is 25.8. The summed E-state index contributed by atoms with van der Waals surface area (Å²) in [6, 6.07) is 26.6. The zero-order chi connectivity index (χ0) is 32.9. The minimum Gasteiger partial charge on any atom is -0.497 e. The fraction of sp³-hybridized carbons (Fsp3) is 0.135. The molecule has 10 heteroatoms. The molecule has 47 heavy (non-hydrogen) atoms. The molecule has 0 unspecified atom stereocenters. The van der Waals surface area contributed by atoms with Crippen LogP contribution in [0.5, 0.6) is 11.5 Å². The molecule has 0 saturated heterocycles. The van der Waals surface area contributed by atoms with Gasteiger partial charge in [0.15, 0.2) is 17.3 Å². The van der Waals surface area contributed by atoms with Gasteiger partial charge < -0.3 is 14.4 Å². The van der Waals surface area contributed by atoms with Gasteiger partial charge in [-0.15, -0.1) is 0 Å². The Morgan fingerprint density at radius 2 is 1.51 bits per heavy atom. The summed E-state index contributed by atoms with van der Waals surface area (Å²) in [5.74, 6) is 1.13. The second-order valence-electron chi connectivity index (χ2n) is 10.8. The molecule has 2 aromatic heterocycles. The van der Waals surface area contributed by atoms with E-state index in [4.69, 9.17) is 24.5 Å². The quantitative estimate of drug-likeness (QED) is 0.148. The van der Waals surface area contributed by atoms with Crippen molar-refractivity contribution in [1.82, 2.24) is 19.6 Å². The Morgan fingerprint density at radius 3 is 2.11 bits per heavy atom. The lowest BCUT2D eigenvalue weighted by molar-refractivity contribution is 0.414. The largest absolute Gasteiger partial charge is 0.497 e. The summed E-state index contributed by atoms with van der Waals surface area (Å²) in [6.07, 6.45) is 3.26. The first-order valence-electron chi connectivity index (χ1n) is 14.8. The number of hydrogen-bond acceptors (Lipinski definition) is 7. The van der Waals surface area contributed by atoms with E-state index in [1.165, 1.54) is 16.6 Å². The van der Waals surface area contributed by atoms with Crippen molar-refractivity contribution in [1.29, 1.82) is 5.26 Å². The molecule has 0 bridgehead atoms. The molecule has 8 nitrogen and oxygen atoms in total. The van der Waals surface area contributed by atoms with Crippen molar-refractivity contribution in [3.8, 4) is 28.8 Å². The van der Waals surface area contributed by atoms with Crippen molar-refractivity contribution in [3.05, 3.63) is 143 Å². The molecule has 2 heterocycles. The number of methoxy groups -OCH3 is 2. The fourth-order valence-corrected chi connectivity index (χ4v) is 5.37. The molecule has 0 N–H and O–H groups in total. The van der Waals surface area contributed by atoms with Crippen molar-refractivity contribution >= 4 is 17.5 Å². The molecule has 0 aliphatic carbocycles. The van der Waals surface area contributed by atoms with Crippen molar-refractivity contribution in [2.75, 3.05) is 19.1 Å². The van der Waals surface area contributed by atoms with Crippen molar-refractivity contribution < 1.29 is 18.3 Å². The van der Waals surface area contributed by atoms with Crippen LogP contribution in [0.1, 0.15) is 33.6 Å². The standard InChI is InChI=1S/C37H30F2N6O2/c1-4-26-7-6-10-32(38)31(26)19-34-42-37-36(41-33(23-45(37)43-34)30-9-5-8-27(20-40)35(30)39)44(21-24-11-15-28(46-2)16-12-24)22-25-13-17-29(47-3)18-14-25/h4-18,23H,1,19,21-22H2,2-3H3. The highest BCUT2D eigenvalue weighted by atomic mass is 19.1. The third kappa shape index (κ3) is 6.51. The normalized spacial score (nSPS) is 10.9. The van der Waals surface area contributed by atoms with Gasteiger partial charge in [-0.1, -0.05) is 55.1 Å². The molecular weight excluding hydrogens is 598 g/mol. The molecule has 6 aromatic rings. The van der Waals surface area contributed by atoms with Crippen LogP contribution in [0.15, 0.2) is 97.7 Å². The van der Waals surface area contributed by atoms with Crippen LogP contribution < -0.4 is 14.4 Å². The van der Waals surface area contributed by atoms with Gasteiger partial charge in [0.25, 0.3) is 0 Å². The zero-order valence-corrected chi connectivity index (χ0v) is 25.8. The third-order valence-electron chi connectivity index (χ3n) is 7.82. The molecule has 0 aliphatic rings. The predicted molar refractivity (Wildman–Crippen MR) is 176 cm³/mol. The number of benzene rings is 4. The molecule has 0 spiro atoms. The van der Waals surface area contributed by atoms with E-state index in [1.807, 2.05) is 59.5 Å². The second-order valence-corrected chi connectivity index (χ2v) is 10.8. The lowest BCUT2D eigenvalue weighted by Gasteiger charge is -2.25. The fourth-order valence-electron chi connectivity index (χ4n) is 5.37. The Hall–Kier alpha value is -6.08. The summed E-state index contributed by atoms with van der Waals surface area (Å²) in [6.45, 7) is 4.62. The number of fused-ring (bicyclic) bond motifs is 1. The van der Waals surface area contributed by atoms with Gasteiger partial charge in [-0.2, -0.15) is 10.4 Å². The van der Waals surface area contributed by atoms with E-state index in [1.54, 1.807) is 50.8 Å². The molecule has 0 fully saturated rings. The highest BCUT2D eigenvalue weighted by Crippen LogP contribution is 2.30. The van der Waals surface area contributed by atoms with Gasteiger partial charge in [-0.3, -0.25) is 0 Å². The average molecular weight is 629 g/mol. The van der Waals surface area contributed by atoms with Gasteiger partial charge in [0.2, 0.25) is 0 Å². The molecule has 4 aromatic carbocycles. The molecule has 6 rings (SSSR count). The lowest BCUT2D eigenvalue weighted by Crippen LogP contribution is -2.24. The first kappa shape index (κ1) is 30.9. The molecule has 0 radical (unpaired) electrons. The van der Waals surface area contributed by atoms with Crippen molar-refractivity contribution in [2.24, 2.45) is 0 Å². The second kappa shape index (κ2) is 13.5. The van der Waals surface area contributed by atoms with E-state index in [-0.39, 0.29) is 23.2 Å². The smallest absolute Gasteiger partial charge is 0.198 e. The molecular formula is C37H30F2N6O2. The Morgan fingerprint density at radius 1 is 0.872 bits per heavy atom. The van der Waals surface area contributed by atoms with Crippen LogP contribution in [-0.2, 0) is 19.5 Å². The number of rotatable bonds is 11. The molecule has 234 valence electrons. The van der Waals surface area contributed by atoms with Crippen LogP contribution in [0.25, 0.3) is 23.0 Å². The summed E-state index contributed by atoms with van der Waals surface area (Å²) in [7, 11) is 3.22. The van der Waals surface area contributed by atoms with Crippen LogP contribution in [-0.4, -0.2) is 33.8 Å². The maximum absolute atomic E-state index is 15.6. The molecule has 0 atom stereocenters. The van der Waals surface area contributed by atoms with Crippen LogP contribution >= 0.6 is 0 Å². The van der Waals surface area contributed by atoms with Crippen LogP contribution in [0, 0.1) is 23.0 Å². The van der Waals surface area contributed by atoms with Crippen LogP contribution in [0.3, 0.4) is 0 Å². The number of halogens is 2. The van der Waals surface area contributed by atoms with Crippen molar-refractivity contribution in [3.63, 3.8) is 0 Å². The monoisotopic (exact) mass is 628 g/mol. The number of nitrogens with zero attached hydrogens (tertiary/aromatic N) is 6. The van der Waals surface area contributed by atoms with E-state index in [9.17, 15) is 9.65 Å². The van der Waals surface area contributed by atoms with E-state index < -0.39 is 11.6 Å². The average Bonchev–Trinajstić information content (AvgIpc) is 3.51. The Balaban J connectivity index is 1.53. The lowest BCUT2D eigenvalue weighted by atomic mass is 10.0. The Labute approximate surface area is 270 Å². The number of nitriles is 1. The van der Waals surface area contributed by atoms with Gasteiger partial charge in [0.05, 0.1) is 31.7 Å². The van der Waals surface area contributed by atoms with Crippen LogP contribution in [0.4, 0.5) is 14.6 Å². The van der Waals surface area contributed by atoms with E-state index in [2.05, 4.69) is 6.58 Å². The number of ether oxygens (including phenoxy) is 2. The summed E-state index contributed by atoms with van der Waals surface area (Å²) in [5.41, 5.74) is 3.67. The number of anilines is 1. The SMILES string of the molecule is C=Cc1cccc(F)c1Cc1nc2c(N(Cc3ccc(OC)cc3)Cc3ccc(OC)cc3)nc(-c3cccc(C#N)c3F)cn2n1. The van der Waals surface area contributed by atoms with Gasteiger partial charge in [0, 0.05) is 30.6 Å². The molecule has 0 aliphatic heterocycles. The first-order chi connectivity index (χ1) is 22.9. The predicted octanol–water partition coefficient (Wildman–Crippen LogP) is 7.40. The Kier molecular flexibility index (Phi) is 8.88. The minimum absolute atomic E-state index is 0.0969. The van der Waals surface area contributed by atoms with Gasteiger partial charge in [-0.05, 0) is 59.2 Å². The summed E-state index contributed by atoms with van der Waals surface area (Å²) in [5, 5.41) is 14.2. The van der Waals surface area contributed by atoms with Crippen molar-refractivity contribution in [2.45, 2.75) is 19.5 Å². The summed E-state index contributed by atoms with van der Waals surface area (Å²) in [4.78, 5) is 11.8. The van der Waals surface area contributed by atoms with Gasteiger partial charge in [-0.25, -0.2) is 23.3 Å². The topological polar surface area (TPSA) is 88.6 Å². The first-order valence-corrected chi connectivity index (χ1v) is 14.8. The van der Waals surface area contributed by atoms with Gasteiger partial charge in [0.1, 0.15) is 29.2 Å². The van der Waals surface area contributed by atoms with E-state index >= 15 is 4.39 Å². The summed E-state index contributed by atoms with van der Waals surface area (Å²) < 4.78 is 42.8. The molecule has 0 saturated carbocycles. The minimum atomic E-state index is -0.688. The summed E-state index contributed by atoms with van der Waals surface area (Å²) >= 11 is 0. The maximum atomic E-state index is 15.6. The van der Waals surface area contributed by atoms with Crippen LogP contribution in [0.2, 0.25) is 0 Å². The third-order valence-corrected chi connectivity index (χ3v) is 7.82.